The summed E-state index contributed by atoms with van der Waals surface area (Å²) in [5, 5.41) is 13.6. The Morgan fingerprint density at radius 3 is 2.11 bits per heavy atom. The summed E-state index contributed by atoms with van der Waals surface area (Å²) in [5.41, 5.74) is 3.78. The average Bonchev–Trinajstić information content (AvgIpc) is 2.72. The van der Waals surface area contributed by atoms with E-state index < -0.39 is 4.92 Å². The van der Waals surface area contributed by atoms with Crippen LogP contribution >= 0.6 is 0 Å². The maximum absolute atomic E-state index is 12.4. The molecule has 1 atom stereocenters. The Kier molecular flexibility index (Phi) is 5.61. The molecular formula is C22H20N2O3. The first kappa shape index (κ1) is 18.3. The number of rotatable bonds is 6. The van der Waals surface area contributed by atoms with Crippen LogP contribution in [0.25, 0.3) is 11.1 Å². The third-order valence-electron chi connectivity index (χ3n) is 4.50. The van der Waals surface area contributed by atoms with E-state index in [2.05, 4.69) is 5.32 Å². The van der Waals surface area contributed by atoms with E-state index in [1.807, 2.05) is 61.5 Å². The van der Waals surface area contributed by atoms with Crippen molar-refractivity contribution in [2.75, 3.05) is 6.54 Å². The average molecular weight is 360 g/mol. The van der Waals surface area contributed by atoms with E-state index in [9.17, 15) is 14.9 Å². The van der Waals surface area contributed by atoms with Crippen LogP contribution in [0.5, 0.6) is 0 Å². The molecule has 3 aromatic rings. The minimum absolute atomic E-state index is 0.0540. The maximum Gasteiger partial charge on any atom is 0.269 e. The summed E-state index contributed by atoms with van der Waals surface area (Å²) < 4.78 is 0. The first-order valence-electron chi connectivity index (χ1n) is 8.72. The summed E-state index contributed by atoms with van der Waals surface area (Å²) in [5.74, 6) is -0.0817. The molecule has 3 rings (SSSR count). The lowest BCUT2D eigenvalue weighted by Crippen LogP contribution is -2.27. The summed E-state index contributed by atoms with van der Waals surface area (Å²) in [7, 11) is 0. The van der Waals surface area contributed by atoms with Gasteiger partial charge in [0, 0.05) is 24.2 Å². The maximum atomic E-state index is 12.4. The van der Waals surface area contributed by atoms with Gasteiger partial charge in [-0.15, -0.1) is 0 Å². The van der Waals surface area contributed by atoms with Crippen molar-refractivity contribution in [3.05, 3.63) is 100 Å². The highest BCUT2D eigenvalue weighted by Gasteiger charge is 2.11. The van der Waals surface area contributed by atoms with Crippen LogP contribution in [0.1, 0.15) is 28.8 Å². The van der Waals surface area contributed by atoms with E-state index in [0.717, 1.165) is 16.7 Å². The molecule has 0 radical (unpaired) electrons. The quantitative estimate of drug-likeness (QED) is 0.507. The van der Waals surface area contributed by atoms with Gasteiger partial charge in [0.15, 0.2) is 0 Å². The molecule has 0 spiro atoms. The zero-order valence-electron chi connectivity index (χ0n) is 15.0. The lowest BCUT2D eigenvalue weighted by atomic mass is 10.0. The molecule has 1 unspecified atom stereocenters. The monoisotopic (exact) mass is 360 g/mol. The van der Waals surface area contributed by atoms with E-state index in [1.54, 1.807) is 12.1 Å². The highest BCUT2D eigenvalue weighted by molar-refractivity contribution is 5.94. The standard InChI is InChI=1S/C22H20N2O3/c1-16(17-11-13-21(14-12-17)24(26)27)15-23-22(25)20-9-7-19(8-10-20)18-5-3-2-4-6-18/h2-14,16H,15H2,1H3,(H,23,25). The molecule has 27 heavy (non-hydrogen) atoms. The van der Waals surface area contributed by atoms with Gasteiger partial charge in [-0.1, -0.05) is 61.5 Å². The molecule has 1 N–H and O–H groups in total. The molecular weight excluding hydrogens is 340 g/mol. The van der Waals surface area contributed by atoms with Gasteiger partial charge in [0.05, 0.1) is 4.92 Å². The van der Waals surface area contributed by atoms with Gasteiger partial charge in [-0.05, 0) is 34.7 Å². The van der Waals surface area contributed by atoms with Crippen LogP contribution in [-0.4, -0.2) is 17.4 Å². The van der Waals surface area contributed by atoms with Crippen molar-refractivity contribution in [3.63, 3.8) is 0 Å². The predicted molar refractivity (Wildman–Crippen MR) is 106 cm³/mol. The van der Waals surface area contributed by atoms with E-state index in [4.69, 9.17) is 0 Å². The molecule has 0 bridgehead atoms. The number of nitrogens with zero attached hydrogens (tertiary/aromatic N) is 1. The fourth-order valence-corrected chi connectivity index (χ4v) is 2.83. The lowest BCUT2D eigenvalue weighted by molar-refractivity contribution is -0.384. The van der Waals surface area contributed by atoms with Crippen molar-refractivity contribution < 1.29 is 9.72 Å². The number of non-ortho nitro benzene ring substituents is 1. The molecule has 0 fully saturated rings. The molecule has 0 aliphatic carbocycles. The number of carbonyl (C=O) groups excluding carboxylic acids is 1. The topological polar surface area (TPSA) is 72.2 Å². The Bertz CT molecular complexity index is 920. The van der Waals surface area contributed by atoms with Crippen LogP contribution in [0.4, 0.5) is 5.69 Å². The van der Waals surface area contributed by atoms with Crippen molar-refractivity contribution in [3.8, 4) is 11.1 Å². The smallest absolute Gasteiger partial charge is 0.269 e. The van der Waals surface area contributed by atoms with Gasteiger partial charge in [-0.25, -0.2) is 0 Å². The molecule has 0 saturated heterocycles. The summed E-state index contributed by atoms with van der Waals surface area (Å²) in [6, 6.07) is 23.9. The fourth-order valence-electron chi connectivity index (χ4n) is 2.83. The molecule has 0 heterocycles. The van der Waals surface area contributed by atoms with Gasteiger partial charge in [0.1, 0.15) is 0 Å². The molecule has 5 heteroatoms. The van der Waals surface area contributed by atoms with Crippen LogP contribution in [0, 0.1) is 10.1 Å². The van der Waals surface area contributed by atoms with Crippen LogP contribution in [0.15, 0.2) is 78.9 Å². The molecule has 5 nitrogen and oxygen atoms in total. The van der Waals surface area contributed by atoms with Crippen LogP contribution in [-0.2, 0) is 0 Å². The Hall–Kier alpha value is -3.47. The second-order valence-electron chi connectivity index (χ2n) is 6.40. The molecule has 136 valence electrons. The van der Waals surface area contributed by atoms with Crippen molar-refractivity contribution >= 4 is 11.6 Å². The number of nitro benzene ring substituents is 1. The number of benzene rings is 3. The van der Waals surface area contributed by atoms with E-state index >= 15 is 0 Å². The predicted octanol–water partition coefficient (Wildman–Crippen LogP) is 4.80. The van der Waals surface area contributed by atoms with Crippen molar-refractivity contribution in [1.29, 1.82) is 0 Å². The first-order chi connectivity index (χ1) is 13.0. The normalized spacial score (nSPS) is 11.6. The van der Waals surface area contributed by atoms with Gasteiger partial charge in [-0.2, -0.15) is 0 Å². The number of hydrogen-bond acceptors (Lipinski definition) is 3. The second-order valence-corrected chi connectivity index (χ2v) is 6.40. The first-order valence-corrected chi connectivity index (χ1v) is 8.72. The number of nitrogens with one attached hydrogen (secondary N) is 1. The Balaban J connectivity index is 1.59. The number of nitro groups is 1. The largest absolute Gasteiger partial charge is 0.351 e. The summed E-state index contributed by atoms with van der Waals surface area (Å²) in [4.78, 5) is 22.7. The third-order valence-corrected chi connectivity index (χ3v) is 4.50. The van der Waals surface area contributed by atoms with Crippen LogP contribution < -0.4 is 5.32 Å². The molecule has 0 aliphatic rings. The summed E-state index contributed by atoms with van der Waals surface area (Å²) in [6.07, 6.45) is 0. The molecule has 0 aliphatic heterocycles. The van der Waals surface area contributed by atoms with Crippen LogP contribution in [0.3, 0.4) is 0 Å². The van der Waals surface area contributed by atoms with Crippen molar-refractivity contribution in [2.45, 2.75) is 12.8 Å². The van der Waals surface area contributed by atoms with Gasteiger partial charge in [-0.3, -0.25) is 14.9 Å². The lowest BCUT2D eigenvalue weighted by Gasteiger charge is -2.13. The zero-order chi connectivity index (χ0) is 19.2. The highest BCUT2D eigenvalue weighted by Crippen LogP contribution is 2.20. The van der Waals surface area contributed by atoms with Gasteiger partial charge in [0.2, 0.25) is 0 Å². The van der Waals surface area contributed by atoms with E-state index in [1.165, 1.54) is 12.1 Å². The summed E-state index contributed by atoms with van der Waals surface area (Å²) in [6.45, 7) is 2.43. The number of amides is 1. The van der Waals surface area contributed by atoms with Crippen molar-refractivity contribution in [1.82, 2.24) is 5.32 Å². The molecule has 0 aromatic heterocycles. The molecule has 3 aromatic carbocycles. The third kappa shape index (κ3) is 4.58. The Morgan fingerprint density at radius 1 is 0.926 bits per heavy atom. The van der Waals surface area contributed by atoms with Gasteiger partial charge < -0.3 is 5.32 Å². The van der Waals surface area contributed by atoms with Crippen molar-refractivity contribution in [2.24, 2.45) is 0 Å². The SMILES string of the molecule is CC(CNC(=O)c1ccc(-c2ccccc2)cc1)c1ccc([N+](=O)[O-])cc1. The summed E-state index contributed by atoms with van der Waals surface area (Å²) >= 11 is 0. The second kappa shape index (κ2) is 8.27. The van der Waals surface area contributed by atoms with Gasteiger partial charge >= 0.3 is 0 Å². The Morgan fingerprint density at radius 2 is 1.52 bits per heavy atom. The van der Waals surface area contributed by atoms with Crippen LogP contribution in [0.2, 0.25) is 0 Å². The molecule has 0 saturated carbocycles. The molecule has 1 amide bonds. The highest BCUT2D eigenvalue weighted by atomic mass is 16.6. The minimum Gasteiger partial charge on any atom is -0.351 e. The minimum atomic E-state index is -0.421. The van der Waals surface area contributed by atoms with E-state index in [-0.39, 0.29) is 17.5 Å². The zero-order valence-corrected chi connectivity index (χ0v) is 15.0. The Labute approximate surface area is 157 Å². The van der Waals surface area contributed by atoms with Gasteiger partial charge in [0.25, 0.3) is 11.6 Å². The fraction of sp³-hybridized carbons (Fsp3) is 0.136. The van der Waals surface area contributed by atoms with E-state index in [0.29, 0.717) is 12.1 Å². The number of hydrogen-bond donors (Lipinski definition) is 1. The number of carbonyl (C=O) groups is 1.